The van der Waals surface area contributed by atoms with Gasteiger partial charge in [0, 0.05) is 27.2 Å². The van der Waals surface area contributed by atoms with Crippen LogP contribution < -0.4 is 0 Å². The van der Waals surface area contributed by atoms with E-state index in [9.17, 15) is 0 Å². The van der Waals surface area contributed by atoms with Gasteiger partial charge in [0.1, 0.15) is 0 Å². The van der Waals surface area contributed by atoms with E-state index in [-0.39, 0.29) is 5.41 Å². The van der Waals surface area contributed by atoms with Gasteiger partial charge in [0.05, 0.1) is 0 Å². The van der Waals surface area contributed by atoms with Crippen LogP contribution in [-0.2, 0) is 5.41 Å². The van der Waals surface area contributed by atoms with E-state index >= 15 is 0 Å². The number of hydrogen-bond donors (Lipinski definition) is 1. The van der Waals surface area contributed by atoms with Crippen LogP contribution in [0.2, 0.25) is 0 Å². The minimum absolute atomic E-state index is 0.0345. The molecule has 0 aliphatic heterocycles. The Morgan fingerprint density at radius 2 is 1.25 bits per heavy atom. The SMILES string of the molecule is CC1(C)c2ccccc2-c2ccc(-c3ccc4[nH]c5ccccc5c4c3)cc21. The maximum Gasteiger partial charge on any atom is 0.0465 e. The van der Waals surface area contributed by atoms with Gasteiger partial charge >= 0.3 is 0 Å². The molecule has 0 saturated carbocycles. The van der Waals surface area contributed by atoms with E-state index in [0.717, 1.165) is 0 Å². The molecule has 0 radical (unpaired) electrons. The van der Waals surface area contributed by atoms with Crippen LogP contribution in [-0.4, -0.2) is 4.98 Å². The third-order valence-electron chi connectivity index (χ3n) is 6.42. The molecule has 28 heavy (non-hydrogen) atoms. The van der Waals surface area contributed by atoms with E-state index in [4.69, 9.17) is 0 Å². The Bertz CT molecular complexity index is 1380. The van der Waals surface area contributed by atoms with Crippen molar-refractivity contribution in [1.29, 1.82) is 0 Å². The first-order valence-electron chi connectivity index (χ1n) is 9.88. The lowest BCUT2D eigenvalue weighted by Crippen LogP contribution is -2.14. The van der Waals surface area contributed by atoms with Crippen LogP contribution in [0.4, 0.5) is 0 Å². The molecule has 1 aromatic heterocycles. The van der Waals surface area contributed by atoms with Gasteiger partial charge in [-0.2, -0.15) is 0 Å². The third kappa shape index (κ3) is 2.02. The summed E-state index contributed by atoms with van der Waals surface area (Å²) >= 11 is 0. The van der Waals surface area contributed by atoms with E-state index in [2.05, 4.69) is 104 Å². The highest BCUT2D eigenvalue weighted by atomic mass is 14.7. The minimum atomic E-state index is 0.0345. The summed E-state index contributed by atoms with van der Waals surface area (Å²) < 4.78 is 0. The van der Waals surface area contributed by atoms with Crippen LogP contribution in [0.15, 0.2) is 84.9 Å². The van der Waals surface area contributed by atoms with E-state index in [1.807, 2.05) is 0 Å². The second-order valence-corrected chi connectivity index (χ2v) is 8.36. The summed E-state index contributed by atoms with van der Waals surface area (Å²) in [5.41, 5.74) is 10.6. The molecule has 1 N–H and O–H groups in total. The highest BCUT2D eigenvalue weighted by Crippen LogP contribution is 2.49. The molecule has 0 saturated heterocycles. The first-order chi connectivity index (χ1) is 13.6. The predicted octanol–water partition coefficient (Wildman–Crippen LogP) is 7.29. The highest BCUT2D eigenvalue weighted by molar-refractivity contribution is 6.08. The average Bonchev–Trinajstić information content (AvgIpc) is 3.21. The molecule has 0 fully saturated rings. The molecule has 0 atom stereocenters. The van der Waals surface area contributed by atoms with Gasteiger partial charge in [0.15, 0.2) is 0 Å². The largest absolute Gasteiger partial charge is 0.355 e. The summed E-state index contributed by atoms with van der Waals surface area (Å²) in [5, 5.41) is 2.57. The molecule has 0 bridgehead atoms. The van der Waals surface area contributed by atoms with Crippen molar-refractivity contribution in [1.82, 2.24) is 4.98 Å². The summed E-state index contributed by atoms with van der Waals surface area (Å²) in [6.45, 7) is 4.68. The Labute approximate surface area is 164 Å². The number of rotatable bonds is 1. The summed E-state index contributed by atoms with van der Waals surface area (Å²) in [6, 6.07) is 31.1. The molecule has 6 rings (SSSR count). The van der Waals surface area contributed by atoms with E-state index in [1.165, 1.54) is 55.2 Å². The number of aromatic amines is 1. The van der Waals surface area contributed by atoms with Gasteiger partial charge in [0.25, 0.3) is 0 Å². The van der Waals surface area contributed by atoms with Gasteiger partial charge in [-0.05, 0) is 57.6 Å². The molecule has 4 aromatic carbocycles. The lowest BCUT2D eigenvalue weighted by atomic mass is 9.81. The second kappa shape index (κ2) is 5.36. The van der Waals surface area contributed by atoms with Crippen LogP contribution >= 0.6 is 0 Å². The van der Waals surface area contributed by atoms with Crippen LogP contribution in [0.5, 0.6) is 0 Å². The molecule has 5 aromatic rings. The van der Waals surface area contributed by atoms with Crippen LogP contribution in [0.1, 0.15) is 25.0 Å². The molecular weight excluding hydrogens is 338 g/mol. The fraction of sp³-hybridized carbons (Fsp3) is 0.111. The van der Waals surface area contributed by atoms with Gasteiger partial charge in [-0.25, -0.2) is 0 Å². The van der Waals surface area contributed by atoms with E-state index in [1.54, 1.807) is 0 Å². The van der Waals surface area contributed by atoms with Gasteiger partial charge in [0.2, 0.25) is 0 Å². The summed E-state index contributed by atoms with van der Waals surface area (Å²) in [4.78, 5) is 3.52. The van der Waals surface area contributed by atoms with E-state index in [0.29, 0.717) is 0 Å². The Balaban J connectivity index is 1.55. The average molecular weight is 359 g/mol. The molecule has 0 amide bonds. The van der Waals surface area contributed by atoms with Crippen molar-refractivity contribution in [3.05, 3.63) is 96.1 Å². The first kappa shape index (κ1) is 15.7. The maximum atomic E-state index is 3.52. The molecule has 1 aliphatic rings. The smallest absolute Gasteiger partial charge is 0.0465 e. The third-order valence-corrected chi connectivity index (χ3v) is 6.42. The quantitative estimate of drug-likeness (QED) is 0.323. The zero-order chi connectivity index (χ0) is 18.9. The predicted molar refractivity (Wildman–Crippen MR) is 119 cm³/mol. The molecule has 1 aliphatic carbocycles. The Hall–Kier alpha value is -3.32. The topological polar surface area (TPSA) is 15.8 Å². The van der Waals surface area contributed by atoms with Crippen molar-refractivity contribution >= 4 is 21.8 Å². The minimum Gasteiger partial charge on any atom is -0.355 e. The number of hydrogen-bond acceptors (Lipinski definition) is 0. The number of H-pyrrole nitrogens is 1. The molecule has 0 spiro atoms. The van der Waals surface area contributed by atoms with Crippen LogP contribution in [0.3, 0.4) is 0 Å². The van der Waals surface area contributed by atoms with Crippen molar-refractivity contribution in [3.63, 3.8) is 0 Å². The Morgan fingerprint density at radius 1 is 0.571 bits per heavy atom. The summed E-state index contributed by atoms with van der Waals surface area (Å²) in [6.07, 6.45) is 0. The fourth-order valence-electron chi connectivity index (χ4n) is 4.91. The fourth-order valence-corrected chi connectivity index (χ4v) is 4.91. The number of para-hydroxylation sites is 1. The lowest BCUT2D eigenvalue weighted by molar-refractivity contribution is 0.660. The second-order valence-electron chi connectivity index (χ2n) is 8.36. The standard InChI is InChI=1S/C27H21N/c1-27(2)23-9-5-3-7-19(23)20-13-11-18(16-24(20)27)17-12-14-26-22(15-17)21-8-4-6-10-25(21)28-26/h3-16,28H,1-2H3. The number of benzene rings is 4. The molecule has 134 valence electrons. The molecule has 0 unspecified atom stereocenters. The zero-order valence-electron chi connectivity index (χ0n) is 16.1. The normalized spacial score (nSPS) is 14.4. The highest BCUT2D eigenvalue weighted by Gasteiger charge is 2.35. The maximum absolute atomic E-state index is 3.52. The molecular formula is C27H21N. The van der Waals surface area contributed by atoms with Gasteiger partial charge < -0.3 is 4.98 Å². The van der Waals surface area contributed by atoms with Gasteiger partial charge in [-0.3, -0.25) is 0 Å². The van der Waals surface area contributed by atoms with Crippen molar-refractivity contribution < 1.29 is 0 Å². The van der Waals surface area contributed by atoms with Gasteiger partial charge in [-0.15, -0.1) is 0 Å². The Morgan fingerprint density at radius 3 is 2.18 bits per heavy atom. The monoisotopic (exact) mass is 359 g/mol. The Kier molecular flexibility index (Phi) is 3.01. The summed E-state index contributed by atoms with van der Waals surface area (Å²) in [7, 11) is 0. The van der Waals surface area contributed by atoms with Crippen molar-refractivity contribution in [2.75, 3.05) is 0 Å². The number of aromatic nitrogens is 1. The summed E-state index contributed by atoms with van der Waals surface area (Å²) in [5.74, 6) is 0. The van der Waals surface area contributed by atoms with Gasteiger partial charge in [-0.1, -0.05) is 74.5 Å². The zero-order valence-corrected chi connectivity index (χ0v) is 16.1. The lowest BCUT2D eigenvalue weighted by Gasteiger charge is -2.22. The number of nitrogens with one attached hydrogen (secondary N) is 1. The number of fused-ring (bicyclic) bond motifs is 6. The van der Waals surface area contributed by atoms with Crippen molar-refractivity contribution in [2.24, 2.45) is 0 Å². The van der Waals surface area contributed by atoms with Crippen LogP contribution in [0, 0.1) is 0 Å². The first-order valence-corrected chi connectivity index (χ1v) is 9.88. The molecule has 1 heteroatoms. The molecule has 1 heterocycles. The van der Waals surface area contributed by atoms with Crippen molar-refractivity contribution in [2.45, 2.75) is 19.3 Å². The molecule has 1 nitrogen and oxygen atoms in total. The van der Waals surface area contributed by atoms with Crippen LogP contribution in [0.25, 0.3) is 44.1 Å². The van der Waals surface area contributed by atoms with Crippen molar-refractivity contribution in [3.8, 4) is 22.3 Å². The van der Waals surface area contributed by atoms with E-state index < -0.39 is 0 Å².